The Hall–Kier alpha value is 0.210. The molecule has 2 heterocycles. The summed E-state index contributed by atoms with van der Waals surface area (Å²) in [6.07, 6.45) is 5.60. The average molecular weight is 233 g/mol. The quantitative estimate of drug-likeness (QED) is 0.804. The summed E-state index contributed by atoms with van der Waals surface area (Å²) < 4.78 is 0. The Morgan fingerprint density at radius 1 is 1.40 bits per heavy atom. The predicted octanol–water partition coefficient (Wildman–Crippen LogP) is 2.28. The van der Waals surface area contributed by atoms with Crippen molar-refractivity contribution in [1.82, 2.24) is 10.2 Å². The molecule has 15 heavy (non-hydrogen) atoms. The second-order valence-corrected chi connectivity index (χ2v) is 5.45. The second kappa shape index (κ2) is 5.51. The predicted molar refractivity (Wildman–Crippen MR) is 67.7 cm³/mol. The van der Waals surface area contributed by atoms with Gasteiger partial charge >= 0.3 is 0 Å². The van der Waals surface area contributed by atoms with Gasteiger partial charge in [0.2, 0.25) is 0 Å². The summed E-state index contributed by atoms with van der Waals surface area (Å²) in [6, 6.07) is 0.853. The summed E-state index contributed by atoms with van der Waals surface area (Å²) in [4.78, 5) is 2.72. The third kappa shape index (κ3) is 3.08. The molecule has 0 aliphatic carbocycles. The summed E-state index contributed by atoms with van der Waals surface area (Å²) in [6.45, 7) is 9.92. The molecule has 0 bridgehead atoms. The van der Waals surface area contributed by atoms with E-state index in [0.717, 1.165) is 6.04 Å². The summed E-state index contributed by atoms with van der Waals surface area (Å²) in [5, 5.41) is 3.38. The van der Waals surface area contributed by atoms with Crippen molar-refractivity contribution in [2.75, 3.05) is 26.2 Å². The Bertz CT molecular complexity index is 190. The monoisotopic (exact) mass is 232 g/mol. The maximum atomic E-state index is 3.38. The number of hydrogen-bond donors (Lipinski definition) is 1. The molecule has 2 fully saturated rings. The lowest BCUT2D eigenvalue weighted by Crippen LogP contribution is -2.60. The number of nitrogens with zero attached hydrogens (tertiary/aromatic N) is 1. The number of halogens is 1. The van der Waals surface area contributed by atoms with Gasteiger partial charge < -0.3 is 5.32 Å². The van der Waals surface area contributed by atoms with Gasteiger partial charge in [0.25, 0.3) is 0 Å². The number of hydrogen-bond acceptors (Lipinski definition) is 2. The SMILES string of the molecule is CCCC1(C)CCCN(C2CNC2)C1.Cl. The minimum atomic E-state index is 0. The minimum absolute atomic E-state index is 0. The van der Waals surface area contributed by atoms with E-state index in [-0.39, 0.29) is 12.4 Å². The zero-order chi connectivity index (χ0) is 10.0. The van der Waals surface area contributed by atoms with Gasteiger partial charge in [0, 0.05) is 25.7 Å². The molecular formula is C12H25ClN2. The third-order valence-corrected chi connectivity index (χ3v) is 3.94. The molecule has 1 atom stereocenters. The van der Waals surface area contributed by atoms with Crippen LogP contribution in [0.5, 0.6) is 0 Å². The van der Waals surface area contributed by atoms with Crippen molar-refractivity contribution >= 4 is 12.4 Å². The van der Waals surface area contributed by atoms with E-state index in [1.165, 1.54) is 51.9 Å². The van der Waals surface area contributed by atoms with Crippen LogP contribution in [0.15, 0.2) is 0 Å². The van der Waals surface area contributed by atoms with Crippen LogP contribution in [0, 0.1) is 5.41 Å². The highest BCUT2D eigenvalue weighted by Crippen LogP contribution is 2.34. The maximum Gasteiger partial charge on any atom is 0.0345 e. The Morgan fingerprint density at radius 3 is 2.67 bits per heavy atom. The van der Waals surface area contributed by atoms with Crippen LogP contribution in [0.25, 0.3) is 0 Å². The first kappa shape index (κ1) is 13.3. The van der Waals surface area contributed by atoms with Gasteiger partial charge in [-0.25, -0.2) is 0 Å². The zero-order valence-electron chi connectivity index (χ0n) is 10.1. The fraction of sp³-hybridized carbons (Fsp3) is 1.00. The van der Waals surface area contributed by atoms with Crippen LogP contribution in [0.1, 0.15) is 39.5 Å². The van der Waals surface area contributed by atoms with Crippen molar-refractivity contribution in [2.24, 2.45) is 5.41 Å². The fourth-order valence-corrected chi connectivity index (χ4v) is 3.01. The van der Waals surface area contributed by atoms with Gasteiger partial charge in [-0.1, -0.05) is 20.3 Å². The zero-order valence-corrected chi connectivity index (χ0v) is 10.9. The van der Waals surface area contributed by atoms with Gasteiger partial charge in [-0.15, -0.1) is 12.4 Å². The molecule has 0 aromatic carbocycles. The molecule has 1 N–H and O–H groups in total. The first-order valence-electron chi connectivity index (χ1n) is 6.18. The normalized spacial score (nSPS) is 33.2. The first-order chi connectivity index (χ1) is 6.73. The molecule has 90 valence electrons. The molecule has 0 aromatic heterocycles. The van der Waals surface area contributed by atoms with Crippen molar-refractivity contribution in [2.45, 2.75) is 45.6 Å². The lowest BCUT2D eigenvalue weighted by molar-refractivity contribution is 0.0411. The summed E-state index contributed by atoms with van der Waals surface area (Å²) in [5.41, 5.74) is 0.614. The van der Waals surface area contributed by atoms with E-state index in [4.69, 9.17) is 0 Å². The largest absolute Gasteiger partial charge is 0.314 e. The molecule has 0 aromatic rings. The van der Waals surface area contributed by atoms with Gasteiger partial charge in [0.05, 0.1) is 0 Å². The molecule has 2 aliphatic rings. The summed E-state index contributed by atoms with van der Waals surface area (Å²) >= 11 is 0. The van der Waals surface area contributed by atoms with E-state index < -0.39 is 0 Å². The van der Waals surface area contributed by atoms with Crippen LogP contribution in [-0.4, -0.2) is 37.1 Å². The van der Waals surface area contributed by atoms with Gasteiger partial charge in [0.1, 0.15) is 0 Å². The van der Waals surface area contributed by atoms with Crippen LogP contribution >= 0.6 is 12.4 Å². The minimum Gasteiger partial charge on any atom is -0.314 e. The molecule has 2 aliphatic heterocycles. The smallest absolute Gasteiger partial charge is 0.0345 e. The first-order valence-corrected chi connectivity index (χ1v) is 6.18. The van der Waals surface area contributed by atoms with Gasteiger partial charge in [-0.3, -0.25) is 4.90 Å². The molecule has 1 unspecified atom stereocenters. The van der Waals surface area contributed by atoms with E-state index in [1.54, 1.807) is 0 Å². The molecule has 0 saturated carbocycles. The van der Waals surface area contributed by atoms with E-state index in [2.05, 4.69) is 24.1 Å². The summed E-state index contributed by atoms with van der Waals surface area (Å²) in [5.74, 6) is 0. The van der Waals surface area contributed by atoms with E-state index in [0.29, 0.717) is 5.41 Å². The van der Waals surface area contributed by atoms with E-state index >= 15 is 0 Å². The highest BCUT2D eigenvalue weighted by molar-refractivity contribution is 5.85. The molecule has 0 spiro atoms. The van der Waals surface area contributed by atoms with Crippen LogP contribution < -0.4 is 5.32 Å². The highest BCUT2D eigenvalue weighted by atomic mass is 35.5. The van der Waals surface area contributed by atoms with Crippen LogP contribution in [0.2, 0.25) is 0 Å². The van der Waals surface area contributed by atoms with Gasteiger partial charge in [0.15, 0.2) is 0 Å². The second-order valence-electron chi connectivity index (χ2n) is 5.45. The lowest BCUT2D eigenvalue weighted by Gasteiger charge is -2.47. The van der Waals surface area contributed by atoms with E-state index in [1.807, 2.05) is 0 Å². The lowest BCUT2D eigenvalue weighted by atomic mass is 9.77. The molecule has 0 amide bonds. The number of piperidine rings is 1. The van der Waals surface area contributed by atoms with Crippen LogP contribution in [0.3, 0.4) is 0 Å². The van der Waals surface area contributed by atoms with Crippen molar-refractivity contribution in [3.63, 3.8) is 0 Å². The van der Waals surface area contributed by atoms with Gasteiger partial charge in [-0.2, -0.15) is 0 Å². The Labute approximate surface area is 100 Å². The molecular weight excluding hydrogens is 208 g/mol. The molecule has 2 rings (SSSR count). The number of rotatable bonds is 3. The molecule has 0 radical (unpaired) electrons. The molecule has 3 heteroatoms. The number of nitrogens with one attached hydrogen (secondary N) is 1. The van der Waals surface area contributed by atoms with Crippen molar-refractivity contribution < 1.29 is 0 Å². The van der Waals surface area contributed by atoms with Crippen LogP contribution in [0.4, 0.5) is 0 Å². The standard InChI is InChI=1S/C12H24N2.ClH/c1-3-5-12(2)6-4-7-14(10-12)11-8-13-9-11;/h11,13H,3-10H2,1-2H3;1H. The summed E-state index contributed by atoms with van der Waals surface area (Å²) in [7, 11) is 0. The third-order valence-electron chi connectivity index (χ3n) is 3.94. The topological polar surface area (TPSA) is 15.3 Å². The van der Waals surface area contributed by atoms with Crippen molar-refractivity contribution in [3.05, 3.63) is 0 Å². The Morgan fingerprint density at radius 2 is 2.13 bits per heavy atom. The van der Waals surface area contributed by atoms with E-state index in [9.17, 15) is 0 Å². The highest BCUT2D eigenvalue weighted by Gasteiger charge is 2.34. The Balaban J connectivity index is 0.00000112. The molecule has 2 nitrogen and oxygen atoms in total. The number of likely N-dealkylation sites (tertiary alicyclic amines) is 1. The van der Waals surface area contributed by atoms with Gasteiger partial charge in [-0.05, 0) is 31.2 Å². The Kier molecular flexibility index (Phi) is 4.88. The molecule has 2 saturated heterocycles. The van der Waals surface area contributed by atoms with Crippen molar-refractivity contribution in [1.29, 1.82) is 0 Å². The van der Waals surface area contributed by atoms with Crippen LogP contribution in [-0.2, 0) is 0 Å². The fourth-order valence-electron chi connectivity index (χ4n) is 3.01. The maximum absolute atomic E-state index is 3.38. The average Bonchev–Trinajstić information content (AvgIpc) is 2.00. The van der Waals surface area contributed by atoms with Crippen molar-refractivity contribution in [3.8, 4) is 0 Å².